The molecule has 6 heteroatoms. The fraction of sp³-hybridized carbons (Fsp3) is 0.333. The molecule has 0 spiro atoms. The van der Waals surface area contributed by atoms with Gasteiger partial charge in [0, 0.05) is 4.47 Å². The number of benzene rings is 2. The summed E-state index contributed by atoms with van der Waals surface area (Å²) >= 11 is 5.19. The van der Waals surface area contributed by atoms with Crippen LogP contribution in [0.3, 0.4) is 0 Å². The maximum atomic E-state index is 12.6. The summed E-state index contributed by atoms with van der Waals surface area (Å²) in [6.45, 7) is 3.39. The molecular weight excluding hydrogens is 422 g/mol. The summed E-state index contributed by atoms with van der Waals surface area (Å²) in [5.74, 6) is 0.0680. The first-order valence-corrected chi connectivity index (χ1v) is 10.9. The van der Waals surface area contributed by atoms with Crippen LogP contribution in [0.4, 0.5) is 0 Å². The van der Waals surface area contributed by atoms with E-state index in [0.29, 0.717) is 6.54 Å². The van der Waals surface area contributed by atoms with E-state index in [2.05, 4.69) is 38.3 Å². The van der Waals surface area contributed by atoms with Crippen LogP contribution in [0.2, 0.25) is 0 Å². The Labute approximate surface area is 171 Å². The zero-order valence-corrected chi connectivity index (χ0v) is 17.6. The average molecular weight is 444 g/mol. The highest BCUT2D eigenvalue weighted by atomic mass is 79.9. The lowest BCUT2D eigenvalue weighted by molar-refractivity contribution is -0.123. The normalized spacial score (nSPS) is 18.7. The summed E-state index contributed by atoms with van der Waals surface area (Å²) in [5, 5.41) is 4.26. The molecule has 1 aromatic heterocycles. The molecule has 0 bridgehead atoms. The lowest BCUT2D eigenvalue weighted by Crippen LogP contribution is -2.38. The quantitative estimate of drug-likeness (QED) is 0.598. The number of hydrogen-bond donors (Lipinski definition) is 1. The Hall–Kier alpha value is -1.76. The molecule has 3 aromatic rings. The molecule has 1 saturated heterocycles. The number of fused-ring (bicyclic) bond motifs is 1. The van der Waals surface area contributed by atoms with E-state index in [4.69, 9.17) is 4.98 Å². The van der Waals surface area contributed by atoms with Gasteiger partial charge in [0.25, 0.3) is 0 Å². The molecule has 140 valence electrons. The summed E-state index contributed by atoms with van der Waals surface area (Å²) in [6.07, 6.45) is 2.17. The summed E-state index contributed by atoms with van der Waals surface area (Å²) in [6, 6.07) is 16.6. The predicted molar refractivity (Wildman–Crippen MR) is 114 cm³/mol. The third-order valence-corrected chi connectivity index (χ3v) is 6.72. The number of nitrogens with one attached hydrogen (secondary N) is 1. The molecule has 4 nitrogen and oxygen atoms in total. The number of thiazole rings is 1. The minimum Gasteiger partial charge on any atom is -0.348 e. The molecule has 2 heterocycles. The molecular formula is C21H22BrN3OS. The van der Waals surface area contributed by atoms with Gasteiger partial charge in [0.2, 0.25) is 5.91 Å². The largest absolute Gasteiger partial charge is 0.348 e. The van der Waals surface area contributed by atoms with Crippen LogP contribution in [0, 0.1) is 0 Å². The number of likely N-dealkylation sites (tertiary alicyclic amines) is 1. The second-order valence-electron chi connectivity index (χ2n) is 6.99. The Balaban J connectivity index is 1.41. The van der Waals surface area contributed by atoms with Gasteiger partial charge in [-0.1, -0.05) is 40.2 Å². The second-order valence-corrected chi connectivity index (χ2v) is 8.97. The zero-order chi connectivity index (χ0) is 18.8. The molecule has 0 unspecified atom stereocenters. The van der Waals surface area contributed by atoms with E-state index in [1.54, 1.807) is 11.3 Å². The van der Waals surface area contributed by atoms with Crippen molar-refractivity contribution in [3.8, 4) is 0 Å². The molecule has 27 heavy (non-hydrogen) atoms. The van der Waals surface area contributed by atoms with Crippen molar-refractivity contribution in [2.24, 2.45) is 0 Å². The van der Waals surface area contributed by atoms with Gasteiger partial charge >= 0.3 is 0 Å². The number of nitrogens with zero attached hydrogens (tertiary/aromatic N) is 2. The third kappa shape index (κ3) is 4.23. The van der Waals surface area contributed by atoms with Crippen LogP contribution in [0.25, 0.3) is 10.2 Å². The van der Waals surface area contributed by atoms with E-state index in [-0.39, 0.29) is 18.0 Å². The molecule has 2 atom stereocenters. The maximum absolute atomic E-state index is 12.6. The fourth-order valence-corrected chi connectivity index (χ4v) is 5.04. The molecule has 1 aliphatic heterocycles. The Morgan fingerprint density at radius 2 is 2.07 bits per heavy atom. The lowest BCUT2D eigenvalue weighted by atomic mass is 10.1. The number of rotatable bonds is 5. The molecule has 0 saturated carbocycles. The second kappa shape index (κ2) is 8.09. The zero-order valence-electron chi connectivity index (χ0n) is 15.2. The average Bonchev–Trinajstić information content (AvgIpc) is 3.28. The number of carbonyl (C=O) groups excluding carboxylic acids is 1. The van der Waals surface area contributed by atoms with E-state index < -0.39 is 0 Å². The minimum atomic E-state index is -0.00546. The van der Waals surface area contributed by atoms with Gasteiger partial charge in [-0.05, 0) is 56.1 Å². The van der Waals surface area contributed by atoms with Crippen molar-refractivity contribution in [3.63, 3.8) is 0 Å². The SMILES string of the molecule is C[C@@H](NC(=O)CN1CCC[C@H]1c1nc2ccccc2s1)c1ccc(Br)cc1. The maximum Gasteiger partial charge on any atom is 0.234 e. The van der Waals surface area contributed by atoms with Crippen molar-refractivity contribution < 1.29 is 4.79 Å². The van der Waals surface area contributed by atoms with Crippen LogP contribution in [0.5, 0.6) is 0 Å². The van der Waals surface area contributed by atoms with Crippen LogP contribution < -0.4 is 5.32 Å². The molecule has 0 aliphatic carbocycles. The minimum absolute atomic E-state index is 0.00546. The van der Waals surface area contributed by atoms with Gasteiger partial charge in [0.15, 0.2) is 0 Å². The van der Waals surface area contributed by atoms with Crippen molar-refractivity contribution in [1.82, 2.24) is 15.2 Å². The first-order chi connectivity index (χ1) is 13.1. The van der Waals surface area contributed by atoms with Crippen molar-refractivity contribution in [2.45, 2.75) is 31.8 Å². The summed E-state index contributed by atoms with van der Waals surface area (Å²) in [5.41, 5.74) is 2.16. The van der Waals surface area contributed by atoms with Crippen LogP contribution in [-0.4, -0.2) is 28.9 Å². The van der Waals surface area contributed by atoms with Gasteiger partial charge < -0.3 is 5.32 Å². The van der Waals surface area contributed by atoms with Crippen molar-refractivity contribution in [2.75, 3.05) is 13.1 Å². The van der Waals surface area contributed by atoms with E-state index >= 15 is 0 Å². The smallest absolute Gasteiger partial charge is 0.234 e. The van der Waals surface area contributed by atoms with E-state index in [0.717, 1.165) is 39.9 Å². The third-order valence-electron chi connectivity index (χ3n) is 5.05. The summed E-state index contributed by atoms with van der Waals surface area (Å²) in [7, 11) is 0. The standard InChI is InChI=1S/C21H22BrN3OS/c1-14(15-8-10-16(22)11-9-15)23-20(26)13-25-12-4-6-18(25)21-24-17-5-2-3-7-19(17)27-21/h2-3,5,7-11,14,18H,4,6,12-13H2,1H3,(H,23,26)/t14-,18+/m1/s1. The van der Waals surface area contributed by atoms with Gasteiger partial charge in [-0.25, -0.2) is 4.98 Å². The molecule has 1 aliphatic rings. The molecule has 0 radical (unpaired) electrons. The summed E-state index contributed by atoms with van der Waals surface area (Å²) in [4.78, 5) is 19.7. The Kier molecular flexibility index (Phi) is 5.57. The van der Waals surface area contributed by atoms with E-state index in [9.17, 15) is 4.79 Å². The highest BCUT2D eigenvalue weighted by molar-refractivity contribution is 9.10. The first-order valence-electron chi connectivity index (χ1n) is 9.24. The van der Waals surface area contributed by atoms with Crippen LogP contribution in [0.1, 0.15) is 42.4 Å². The number of halogens is 1. The Morgan fingerprint density at radius 3 is 2.85 bits per heavy atom. The summed E-state index contributed by atoms with van der Waals surface area (Å²) < 4.78 is 2.26. The van der Waals surface area contributed by atoms with Gasteiger partial charge in [0.05, 0.1) is 28.8 Å². The highest BCUT2D eigenvalue weighted by Gasteiger charge is 2.30. The van der Waals surface area contributed by atoms with Crippen LogP contribution >= 0.6 is 27.3 Å². The number of carbonyl (C=O) groups is 1. The number of hydrogen-bond acceptors (Lipinski definition) is 4. The van der Waals surface area contributed by atoms with E-state index in [1.165, 1.54) is 4.70 Å². The predicted octanol–water partition coefficient (Wildman–Crippen LogP) is 5.07. The lowest BCUT2D eigenvalue weighted by Gasteiger charge is -2.23. The molecule has 2 aromatic carbocycles. The monoisotopic (exact) mass is 443 g/mol. The Morgan fingerprint density at radius 1 is 1.30 bits per heavy atom. The molecule has 1 fully saturated rings. The first kappa shape index (κ1) is 18.6. The highest BCUT2D eigenvalue weighted by Crippen LogP contribution is 2.36. The van der Waals surface area contributed by atoms with Gasteiger partial charge in [-0.3, -0.25) is 9.69 Å². The van der Waals surface area contributed by atoms with Crippen LogP contribution in [0.15, 0.2) is 53.0 Å². The fourth-order valence-electron chi connectivity index (χ4n) is 3.63. The molecule has 1 N–H and O–H groups in total. The Bertz CT molecular complexity index is 907. The number of para-hydroxylation sites is 1. The number of amides is 1. The van der Waals surface area contributed by atoms with Crippen molar-refractivity contribution in [1.29, 1.82) is 0 Å². The van der Waals surface area contributed by atoms with Gasteiger partial charge in [0.1, 0.15) is 5.01 Å². The molecule has 4 rings (SSSR count). The van der Waals surface area contributed by atoms with Crippen molar-refractivity contribution >= 4 is 43.4 Å². The van der Waals surface area contributed by atoms with Gasteiger partial charge in [-0.2, -0.15) is 0 Å². The van der Waals surface area contributed by atoms with Crippen LogP contribution in [-0.2, 0) is 4.79 Å². The topological polar surface area (TPSA) is 45.2 Å². The molecule has 1 amide bonds. The van der Waals surface area contributed by atoms with Crippen molar-refractivity contribution in [3.05, 3.63) is 63.6 Å². The van der Waals surface area contributed by atoms with E-state index in [1.807, 2.05) is 43.3 Å². The number of aromatic nitrogens is 1. The van der Waals surface area contributed by atoms with Gasteiger partial charge in [-0.15, -0.1) is 11.3 Å².